The van der Waals surface area contributed by atoms with Crippen molar-refractivity contribution in [1.82, 2.24) is 9.71 Å². The van der Waals surface area contributed by atoms with Crippen LogP contribution >= 0.6 is 0 Å². The Balaban J connectivity index is 1.69. The van der Waals surface area contributed by atoms with Crippen LogP contribution in [0.25, 0.3) is 21.9 Å². The number of carbonyl (C=O) groups is 1. The molecule has 0 atom stereocenters. The molecule has 4 aromatic rings. The van der Waals surface area contributed by atoms with Crippen molar-refractivity contribution in [1.29, 1.82) is 0 Å². The Morgan fingerprint density at radius 3 is 2.66 bits per heavy atom. The summed E-state index contributed by atoms with van der Waals surface area (Å²) in [6.45, 7) is 1.87. The van der Waals surface area contributed by atoms with Gasteiger partial charge >= 0.3 is 5.91 Å². The number of aryl methyl sites for hydroxylation is 1. The molecule has 0 aliphatic heterocycles. The molecule has 2 heterocycles. The zero-order chi connectivity index (χ0) is 20.8. The third-order valence-electron chi connectivity index (χ3n) is 4.71. The van der Waals surface area contributed by atoms with Crippen LogP contribution in [-0.2, 0) is 10.0 Å². The number of carbonyl (C=O) groups excluding carboxylic acids is 1. The van der Waals surface area contributed by atoms with Crippen molar-refractivity contribution in [3.63, 3.8) is 0 Å². The number of aromatic nitrogens is 1. The molecule has 0 radical (unpaired) electrons. The summed E-state index contributed by atoms with van der Waals surface area (Å²) >= 11 is 0. The Morgan fingerprint density at radius 2 is 1.90 bits per heavy atom. The molecule has 1 N–H and O–H groups in total. The second kappa shape index (κ2) is 6.89. The molecule has 7 nitrogen and oxygen atoms in total. The molecule has 1 amide bonds. The van der Waals surface area contributed by atoms with Gasteiger partial charge in [0.05, 0.1) is 5.52 Å². The Kier molecular flexibility index (Phi) is 4.50. The minimum atomic E-state index is -4.14. The van der Waals surface area contributed by atoms with Crippen molar-refractivity contribution in [3.8, 4) is 0 Å². The Hall–Kier alpha value is -3.39. The maximum absolute atomic E-state index is 12.9. The summed E-state index contributed by atoms with van der Waals surface area (Å²) in [5.41, 5.74) is 2.62. The maximum atomic E-state index is 12.9. The summed E-state index contributed by atoms with van der Waals surface area (Å²) in [4.78, 5) is 18.6. The molecule has 2 aromatic carbocycles. The van der Waals surface area contributed by atoms with Crippen LogP contribution in [0.4, 0.5) is 5.69 Å². The Labute approximate surface area is 168 Å². The summed E-state index contributed by atoms with van der Waals surface area (Å²) in [6, 6.07) is 13.7. The first-order chi connectivity index (χ1) is 13.8. The predicted molar refractivity (Wildman–Crippen MR) is 112 cm³/mol. The zero-order valence-corrected chi connectivity index (χ0v) is 16.9. The lowest BCUT2D eigenvalue weighted by Gasteiger charge is -2.11. The number of para-hydroxylation sites is 1. The molecule has 0 bridgehead atoms. The number of benzene rings is 2. The number of hydrogen-bond donors (Lipinski definition) is 1. The molecule has 0 saturated heterocycles. The van der Waals surface area contributed by atoms with Crippen LogP contribution in [0.3, 0.4) is 0 Å². The lowest BCUT2D eigenvalue weighted by molar-refractivity contribution is 0.0956. The van der Waals surface area contributed by atoms with E-state index in [9.17, 15) is 13.2 Å². The Morgan fingerprint density at radius 1 is 1.10 bits per heavy atom. The van der Waals surface area contributed by atoms with Gasteiger partial charge in [-0.05, 0) is 42.8 Å². The van der Waals surface area contributed by atoms with Gasteiger partial charge in [0.15, 0.2) is 5.76 Å². The third-order valence-corrected chi connectivity index (χ3v) is 6.08. The SMILES string of the molecule is Cc1ccnc2c(S(=O)(=O)NC(=O)c3cc4ccc(N(C)C)cc4o3)cccc12. The van der Waals surface area contributed by atoms with Crippen molar-refractivity contribution in [2.75, 3.05) is 19.0 Å². The average Bonchev–Trinajstić information content (AvgIpc) is 3.11. The van der Waals surface area contributed by atoms with E-state index >= 15 is 0 Å². The fourth-order valence-corrected chi connectivity index (χ4v) is 4.27. The average molecular weight is 409 g/mol. The monoisotopic (exact) mass is 409 g/mol. The van der Waals surface area contributed by atoms with E-state index in [-0.39, 0.29) is 10.7 Å². The molecule has 4 rings (SSSR count). The number of nitrogens with zero attached hydrogens (tertiary/aromatic N) is 2. The van der Waals surface area contributed by atoms with Crippen LogP contribution in [-0.4, -0.2) is 33.4 Å². The van der Waals surface area contributed by atoms with Gasteiger partial charge in [-0.2, -0.15) is 0 Å². The second-order valence-corrected chi connectivity index (χ2v) is 8.59. The number of pyridine rings is 1. The summed E-state index contributed by atoms with van der Waals surface area (Å²) in [5.74, 6) is -0.916. The third kappa shape index (κ3) is 3.42. The van der Waals surface area contributed by atoms with E-state index < -0.39 is 15.9 Å². The number of nitrogens with one attached hydrogen (secondary N) is 1. The number of hydrogen-bond acceptors (Lipinski definition) is 6. The molecule has 0 saturated carbocycles. The van der Waals surface area contributed by atoms with E-state index in [4.69, 9.17) is 4.42 Å². The normalized spacial score (nSPS) is 11.7. The lowest BCUT2D eigenvalue weighted by Crippen LogP contribution is -2.30. The Bertz CT molecular complexity index is 1360. The minimum Gasteiger partial charge on any atom is -0.451 e. The summed E-state index contributed by atoms with van der Waals surface area (Å²) in [6.07, 6.45) is 1.54. The predicted octanol–water partition coefficient (Wildman–Crippen LogP) is 3.47. The van der Waals surface area contributed by atoms with Crippen molar-refractivity contribution in [3.05, 3.63) is 66.1 Å². The highest BCUT2D eigenvalue weighted by atomic mass is 32.2. The van der Waals surface area contributed by atoms with Gasteiger partial charge in [-0.3, -0.25) is 9.78 Å². The fraction of sp³-hybridized carbons (Fsp3) is 0.143. The number of anilines is 1. The van der Waals surface area contributed by atoms with Crippen LogP contribution in [0, 0.1) is 6.92 Å². The number of amides is 1. The highest BCUT2D eigenvalue weighted by Crippen LogP contribution is 2.26. The summed E-state index contributed by atoms with van der Waals surface area (Å²) in [7, 11) is -0.354. The zero-order valence-electron chi connectivity index (χ0n) is 16.1. The molecule has 0 aliphatic rings. The van der Waals surface area contributed by atoms with Gasteiger partial charge < -0.3 is 9.32 Å². The van der Waals surface area contributed by atoms with Crippen LogP contribution in [0.1, 0.15) is 16.1 Å². The largest absolute Gasteiger partial charge is 0.451 e. The standard InChI is InChI=1S/C21H19N3O4S/c1-13-9-10-22-20-16(13)5-4-6-19(20)29(26,27)23-21(25)18-11-14-7-8-15(24(2)3)12-17(14)28-18/h4-12H,1-3H3,(H,23,25). The molecule has 0 fully saturated rings. The van der Waals surface area contributed by atoms with Gasteiger partial charge in [-0.1, -0.05) is 12.1 Å². The van der Waals surface area contributed by atoms with E-state index in [1.54, 1.807) is 30.5 Å². The number of rotatable bonds is 4. The molecular formula is C21H19N3O4S. The summed E-state index contributed by atoms with van der Waals surface area (Å²) < 4.78 is 33.4. The molecule has 8 heteroatoms. The smallest absolute Gasteiger partial charge is 0.300 e. The molecule has 148 valence electrons. The van der Waals surface area contributed by atoms with Gasteiger partial charge in [0.1, 0.15) is 10.5 Å². The van der Waals surface area contributed by atoms with Crippen molar-refractivity contribution >= 4 is 43.5 Å². The van der Waals surface area contributed by atoms with E-state index in [0.717, 1.165) is 11.3 Å². The van der Waals surface area contributed by atoms with Crippen LogP contribution < -0.4 is 9.62 Å². The van der Waals surface area contributed by atoms with Crippen molar-refractivity contribution in [2.45, 2.75) is 11.8 Å². The highest BCUT2D eigenvalue weighted by molar-refractivity contribution is 7.90. The first-order valence-corrected chi connectivity index (χ1v) is 10.4. The topological polar surface area (TPSA) is 92.5 Å². The van der Waals surface area contributed by atoms with Gasteiger partial charge in [-0.15, -0.1) is 0 Å². The molecule has 2 aromatic heterocycles. The van der Waals surface area contributed by atoms with Crippen molar-refractivity contribution < 1.29 is 17.6 Å². The molecule has 0 unspecified atom stereocenters. The summed E-state index contributed by atoms with van der Waals surface area (Å²) in [5, 5.41) is 1.42. The number of furan rings is 1. The quantitative estimate of drug-likeness (QED) is 0.555. The molecular weight excluding hydrogens is 390 g/mol. The van der Waals surface area contributed by atoms with Crippen molar-refractivity contribution in [2.24, 2.45) is 0 Å². The first kappa shape index (κ1) is 18.9. The molecule has 0 aliphatic carbocycles. The van der Waals surface area contributed by atoms with Gasteiger partial charge in [-0.25, -0.2) is 13.1 Å². The van der Waals surface area contributed by atoms with E-state index in [1.807, 2.05) is 38.1 Å². The fourth-order valence-electron chi connectivity index (χ4n) is 3.14. The van der Waals surface area contributed by atoms with E-state index in [2.05, 4.69) is 9.71 Å². The van der Waals surface area contributed by atoms with Gasteiger partial charge in [0.25, 0.3) is 10.0 Å². The van der Waals surface area contributed by atoms with Gasteiger partial charge in [0, 0.05) is 42.8 Å². The van der Waals surface area contributed by atoms with E-state index in [0.29, 0.717) is 21.9 Å². The second-order valence-electron chi connectivity index (χ2n) is 6.94. The van der Waals surface area contributed by atoms with Crippen LogP contribution in [0.5, 0.6) is 0 Å². The van der Waals surface area contributed by atoms with Gasteiger partial charge in [0.2, 0.25) is 0 Å². The minimum absolute atomic E-state index is 0.0574. The number of fused-ring (bicyclic) bond motifs is 2. The molecule has 0 spiro atoms. The van der Waals surface area contributed by atoms with Crippen LogP contribution in [0.2, 0.25) is 0 Å². The number of sulfonamides is 1. The highest BCUT2D eigenvalue weighted by Gasteiger charge is 2.24. The van der Waals surface area contributed by atoms with Crippen LogP contribution in [0.15, 0.2) is 64.0 Å². The lowest BCUT2D eigenvalue weighted by atomic mass is 10.1. The first-order valence-electron chi connectivity index (χ1n) is 8.89. The van der Waals surface area contributed by atoms with E-state index in [1.165, 1.54) is 12.1 Å². The molecule has 29 heavy (non-hydrogen) atoms. The maximum Gasteiger partial charge on any atom is 0.300 e.